The molecule has 0 saturated carbocycles. The van der Waals surface area contributed by atoms with Gasteiger partial charge in [-0.05, 0) is 18.9 Å². The zero-order chi connectivity index (χ0) is 13.5. The summed E-state index contributed by atoms with van der Waals surface area (Å²) in [6.07, 6.45) is 0.816. The first-order valence-electron chi connectivity index (χ1n) is 6.57. The van der Waals surface area contributed by atoms with E-state index < -0.39 is 6.10 Å². The highest BCUT2D eigenvalue weighted by atomic mass is 16.3. The maximum Gasteiger partial charge on any atom is 0.223 e. The van der Waals surface area contributed by atoms with Crippen molar-refractivity contribution in [1.82, 2.24) is 5.32 Å². The number of carbonyl (C=O) groups is 1. The fraction of sp³-hybridized carbons (Fsp3) is 0.533. The lowest BCUT2D eigenvalue weighted by atomic mass is 10.0. The molecule has 3 atom stereocenters. The van der Waals surface area contributed by atoms with Crippen molar-refractivity contribution in [3.63, 3.8) is 0 Å². The minimum atomic E-state index is -0.555. The first-order chi connectivity index (χ1) is 8.54. The minimum absolute atomic E-state index is 0.00336. The largest absolute Gasteiger partial charge is 0.391 e. The summed E-state index contributed by atoms with van der Waals surface area (Å²) in [6.45, 7) is 5.72. The maximum atomic E-state index is 11.7. The van der Waals surface area contributed by atoms with Crippen molar-refractivity contribution in [2.75, 3.05) is 0 Å². The van der Waals surface area contributed by atoms with Crippen LogP contribution in [0.2, 0.25) is 0 Å². The number of benzene rings is 1. The zero-order valence-corrected chi connectivity index (χ0v) is 11.4. The number of aliphatic hydroxyl groups excluding tert-OH is 1. The summed E-state index contributed by atoms with van der Waals surface area (Å²) in [5.74, 6) is 0.00786. The van der Waals surface area contributed by atoms with E-state index in [-0.39, 0.29) is 17.9 Å². The molecule has 1 amide bonds. The van der Waals surface area contributed by atoms with E-state index in [1.165, 1.54) is 0 Å². The molecule has 0 aliphatic rings. The average molecular weight is 249 g/mol. The summed E-state index contributed by atoms with van der Waals surface area (Å²) < 4.78 is 0. The van der Waals surface area contributed by atoms with Gasteiger partial charge in [-0.1, -0.05) is 44.2 Å². The number of aliphatic hydroxyl groups is 1. The van der Waals surface area contributed by atoms with Gasteiger partial charge in [0.1, 0.15) is 0 Å². The van der Waals surface area contributed by atoms with Crippen LogP contribution in [0, 0.1) is 5.92 Å². The highest BCUT2D eigenvalue weighted by Crippen LogP contribution is 2.07. The number of hydrogen-bond donors (Lipinski definition) is 2. The summed E-state index contributed by atoms with van der Waals surface area (Å²) in [5, 5.41) is 12.9. The van der Waals surface area contributed by atoms with E-state index in [0.29, 0.717) is 6.42 Å². The van der Waals surface area contributed by atoms with Crippen molar-refractivity contribution in [3.8, 4) is 0 Å². The molecular weight excluding hydrogens is 226 g/mol. The number of rotatable bonds is 6. The normalized spacial score (nSPS) is 15.8. The third kappa shape index (κ3) is 4.49. The Balaban J connectivity index is 2.47. The number of nitrogens with one attached hydrogen (secondary N) is 1. The van der Waals surface area contributed by atoms with Crippen molar-refractivity contribution in [3.05, 3.63) is 35.9 Å². The second-order valence-electron chi connectivity index (χ2n) is 4.86. The molecule has 0 spiro atoms. The van der Waals surface area contributed by atoms with E-state index in [9.17, 15) is 9.90 Å². The Labute approximate surface area is 109 Å². The van der Waals surface area contributed by atoms with Gasteiger partial charge in [0.15, 0.2) is 0 Å². The molecular formula is C15H23NO2. The van der Waals surface area contributed by atoms with Crippen LogP contribution in [0.15, 0.2) is 30.3 Å². The first-order valence-corrected chi connectivity index (χ1v) is 6.57. The Morgan fingerprint density at radius 3 is 2.44 bits per heavy atom. The molecule has 0 aliphatic heterocycles. The van der Waals surface area contributed by atoms with E-state index in [1.54, 1.807) is 0 Å². The molecule has 2 N–H and O–H groups in total. The molecule has 0 radical (unpaired) electrons. The van der Waals surface area contributed by atoms with Crippen molar-refractivity contribution in [1.29, 1.82) is 0 Å². The van der Waals surface area contributed by atoms with Crippen LogP contribution in [0.5, 0.6) is 0 Å². The summed E-state index contributed by atoms with van der Waals surface area (Å²) in [5.41, 5.74) is 1.08. The van der Waals surface area contributed by atoms with Crippen LogP contribution in [-0.2, 0) is 11.2 Å². The van der Waals surface area contributed by atoms with Crippen molar-refractivity contribution in [2.24, 2.45) is 5.92 Å². The first kappa shape index (κ1) is 14.7. The molecule has 3 unspecified atom stereocenters. The Morgan fingerprint density at radius 1 is 1.28 bits per heavy atom. The minimum Gasteiger partial charge on any atom is -0.391 e. The van der Waals surface area contributed by atoms with Crippen molar-refractivity contribution >= 4 is 5.91 Å². The molecule has 0 bridgehead atoms. The SMILES string of the molecule is CCC(C)C(=O)NC(C)C(O)Cc1ccccc1. The van der Waals surface area contributed by atoms with Gasteiger partial charge in [-0.2, -0.15) is 0 Å². The second-order valence-corrected chi connectivity index (χ2v) is 4.86. The molecule has 100 valence electrons. The second kappa shape index (κ2) is 7.17. The molecule has 3 heteroatoms. The molecule has 1 aromatic rings. The predicted octanol–water partition coefficient (Wildman–Crippen LogP) is 2.14. The number of hydrogen-bond acceptors (Lipinski definition) is 2. The van der Waals surface area contributed by atoms with Gasteiger partial charge in [-0.15, -0.1) is 0 Å². The molecule has 1 rings (SSSR count). The summed E-state index contributed by atoms with van der Waals surface area (Å²) in [4.78, 5) is 11.7. The van der Waals surface area contributed by atoms with Crippen LogP contribution in [-0.4, -0.2) is 23.2 Å². The fourth-order valence-corrected chi connectivity index (χ4v) is 1.68. The Kier molecular flexibility index (Phi) is 5.86. The topological polar surface area (TPSA) is 49.3 Å². The smallest absolute Gasteiger partial charge is 0.223 e. The molecule has 0 aromatic heterocycles. The lowest BCUT2D eigenvalue weighted by molar-refractivity contribution is -0.126. The van der Waals surface area contributed by atoms with E-state index in [4.69, 9.17) is 0 Å². The van der Waals surface area contributed by atoms with Gasteiger partial charge >= 0.3 is 0 Å². The standard InChI is InChI=1S/C15H23NO2/c1-4-11(2)15(18)16-12(3)14(17)10-13-8-6-5-7-9-13/h5-9,11-12,14,17H,4,10H2,1-3H3,(H,16,18). The van der Waals surface area contributed by atoms with Crippen LogP contribution < -0.4 is 5.32 Å². The number of amides is 1. The van der Waals surface area contributed by atoms with Gasteiger partial charge in [0, 0.05) is 12.3 Å². The van der Waals surface area contributed by atoms with E-state index >= 15 is 0 Å². The maximum absolute atomic E-state index is 11.7. The summed E-state index contributed by atoms with van der Waals surface area (Å²) in [6, 6.07) is 9.57. The molecule has 1 aromatic carbocycles. The average Bonchev–Trinajstić information content (AvgIpc) is 2.38. The van der Waals surface area contributed by atoms with Gasteiger partial charge < -0.3 is 10.4 Å². The van der Waals surface area contributed by atoms with Crippen LogP contribution in [0.1, 0.15) is 32.8 Å². The number of carbonyl (C=O) groups excluding carboxylic acids is 1. The van der Waals surface area contributed by atoms with Gasteiger partial charge in [0.2, 0.25) is 5.91 Å². The van der Waals surface area contributed by atoms with Crippen LogP contribution >= 0.6 is 0 Å². The van der Waals surface area contributed by atoms with Crippen LogP contribution in [0.3, 0.4) is 0 Å². The predicted molar refractivity (Wildman–Crippen MR) is 73.2 cm³/mol. The lowest BCUT2D eigenvalue weighted by Crippen LogP contribution is -2.44. The van der Waals surface area contributed by atoms with Gasteiger partial charge in [-0.3, -0.25) is 4.79 Å². The van der Waals surface area contributed by atoms with Crippen LogP contribution in [0.25, 0.3) is 0 Å². The zero-order valence-electron chi connectivity index (χ0n) is 11.4. The van der Waals surface area contributed by atoms with Crippen molar-refractivity contribution < 1.29 is 9.90 Å². The van der Waals surface area contributed by atoms with E-state index in [1.807, 2.05) is 51.1 Å². The molecule has 0 aliphatic carbocycles. The summed E-state index contributed by atoms with van der Waals surface area (Å²) in [7, 11) is 0. The third-order valence-electron chi connectivity index (χ3n) is 3.29. The highest BCUT2D eigenvalue weighted by molar-refractivity contribution is 5.78. The fourth-order valence-electron chi connectivity index (χ4n) is 1.68. The highest BCUT2D eigenvalue weighted by Gasteiger charge is 2.19. The van der Waals surface area contributed by atoms with Gasteiger partial charge in [-0.25, -0.2) is 0 Å². The summed E-state index contributed by atoms with van der Waals surface area (Å²) >= 11 is 0. The van der Waals surface area contributed by atoms with Gasteiger partial charge in [0.05, 0.1) is 12.1 Å². The monoisotopic (exact) mass is 249 g/mol. The van der Waals surface area contributed by atoms with Gasteiger partial charge in [0.25, 0.3) is 0 Å². The van der Waals surface area contributed by atoms with E-state index in [2.05, 4.69) is 5.32 Å². The quantitative estimate of drug-likeness (QED) is 0.811. The Hall–Kier alpha value is -1.35. The molecule has 3 nitrogen and oxygen atoms in total. The van der Waals surface area contributed by atoms with Crippen molar-refractivity contribution in [2.45, 2.75) is 45.8 Å². The molecule has 0 heterocycles. The van der Waals surface area contributed by atoms with Crippen LogP contribution in [0.4, 0.5) is 0 Å². The Morgan fingerprint density at radius 2 is 1.89 bits per heavy atom. The molecule has 0 fully saturated rings. The third-order valence-corrected chi connectivity index (χ3v) is 3.29. The van der Waals surface area contributed by atoms with E-state index in [0.717, 1.165) is 12.0 Å². The molecule has 0 saturated heterocycles. The lowest BCUT2D eigenvalue weighted by Gasteiger charge is -2.22. The Bertz CT molecular complexity index is 364. The molecule has 18 heavy (non-hydrogen) atoms.